The number of ether oxygens (including phenoxy) is 1. The Morgan fingerprint density at radius 1 is 0.844 bits per heavy atom. The van der Waals surface area contributed by atoms with Crippen molar-refractivity contribution in [3.8, 4) is 11.5 Å². The van der Waals surface area contributed by atoms with Gasteiger partial charge in [-0.3, -0.25) is 4.79 Å². The Hall–Kier alpha value is -3.20. The smallest absolute Gasteiger partial charge is 0.255 e. The van der Waals surface area contributed by atoms with E-state index in [-0.39, 0.29) is 16.4 Å². The molecule has 0 radical (unpaired) electrons. The van der Waals surface area contributed by atoms with Gasteiger partial charge in [-0.05, 0) is 61.6 Å². The number of rotatable bonds is 6. The average molecular weight is 452 g/mol. The Morgan fingerprint density at radius 2 is 1.50 bits per heavy atom. The summed E-state index contributed by atoms with van der Waals surface area (Å²) in [6.07, 6.45) is 0. The van der Waals surface area contributed by atoms with Crippen LogP contribution in [0.15, 0.2) is 83.8 Å². The number of para-hydroxylation sites is 1. The minimum absolute atomic E-state index is 0.126. The zero-order chi connectivity index (χ0) is 22.6. The molecule has 0 aliphatic carbocycles. The molecule has 0 aromatic heterocycles. The van der Waals surface area contributed by atoms with Crippen molar-refractivity contribution in [3.63, 3.8) is 0 Å². The standard InChI is InChI=1S/C24H25N3O4S/c1-26-14-16-27(17-15-26)32(29,30)23-9-5-6-19(18-23)24(28)25-20-10-12-22(13-11-20)31-21-7-3-2-4-8-21/h2-13,18H,14-17H2,1H3,(H,25,28). The van der Waals surface area contributed by atoms with E-state index < -0.39 is 10.0 Å². The lowest BCUT2D eigenvalue weighted by Crippen LogP contribution is -2.47. The third-order valence-electron chi connectivity index (χ3n) is 5.29. The fraction of sp³-hybridized carbons (Fsp3) is 0.208. The number of amides is 1. The first-order valence-electron chi connectivity index (χ1n) is 10.3. The van der Waals surface area contributed by atoms with Gasteiger partial charge >= 0.3 is 0 Å². The van der Waals surface area contributed by atoms with Gasteiger partial charge in [-0.2, -0.15) is 4.31 Å². The topological polar surface area (TPSA) is 79.0 Å². The molecule has 32 heavy (non-hydrogen) atoms. The number of sulfonamides is 1. The summed E-state index contributed by atoms with van der Waals surface area (Å²) in [6.45, 7) is 2.24. The van der Waals surface area contributed by atoms with Crippen LogP contribution in [0, 0.1) is 0 Å². The maximum Gasteiger partial charge on any atom is 0.255 e. The molecule has 8 heteroatoms. The molecular formula is C24H25N3O4S. The number of likely N-dealkylation sites (N-methyl/N-ethyl adjacent to an activating group) is 1. The number of carbonyl (C=O) groups excluding carboxylic acids is 1. The van der Waals surface area contributed by atoms with Crippen molar-refractivity contribution in [2.45, 2.75) is 4.90 Å². The zero-order valence-electron chi connectivity index (χ0n) is 17.8. The summed E-state index contributed by atoms with van der Waals surface area (Å²) in [6, 6.07) is 22.6. The molecule has 0 unspecified atom stereocenters. The van der Waals surface area contributed by atoms with Crippen molar-refractivity contribution in [1.82, 2.24) is 9.21 Å². The summed E-state index contributed by atoms with van der Waals surface area (Å²) < 4.78 is 33.2. The second-order valence-electron chi connectivity index (χ2n) is 7.63. The van der Waals surface area contributed by atoms with Gasteiger partial charge in [0.15, 0.2) is 0 Å². The second kappa shape index (κ2) is 9.52. The van der Waals surface area contributed by atoms with E-state index >= 15 is 0 Å². The van der Waals surface area contributed by atoms with Gasteiger partial charge in [0.25, 0.3) is 5.91 Å². The van der Waals surface area contributed by atoms with E-state index in [1.165, 1.54) is 16.4 Å². The number of piperazine rings is 1. The lowest BCUT2D eigenvalue weighted by atomic mass is 10.2. The second-order valence-corrected chi connectivity index (χ2v) is 9.57. The average Bonchev–Trinajstić information content (AvgIpc) is 2.81. The molecule has 4 rings (SSSR count). The van der Waals surface area contributed by atoms with Crippen molar-refractivity contribution in [1.29, 1.82) is 0 Å². The number of hydrogen-bond donors (Lipinski definition) is 1. The highest BCUT2D eigenvalue weighted by Gasteiger charge is 2.27. The molecule has 1 aliphatic heterocycles. The first kappa shape index (κ1) is 22.0. The molecule has 1 saturated heterocycles. The molecule has 1 fully saturated rings. The van der Waals surface area contributed by atoms with Crippen molar-refractivity contribution in [2.24, 2.45) is 0 Å². The predicted molar refractivity (Wildman–Crippen MR) is 124 cm³/mol. The van der Waals surface area contributed by atoms with E-state index in [2.05, 4.69) is 10.2 Å². The Morgan fingerprint density at radius 3 is 2.19 bits per heavy atom. The van der Waals surface area contributed by atoms with Crippen LogP contribution < -0.4 is 10.1 Å². The van der Waals surface area contributed by atoms with Crippen LogP contribution in [0.5, 0.6) is 11.5 Å². The minimum atomic E-state index is -3.64. The molecule has 1 amide bonds. The van der Waals surface area contributed by atoms with E-state index in [1.54, 1.807) is 36.4 Å². The van der Waals surface area contributed by atoms with Gasteiger partial charge in [-0.15, -0.1) is 0 Å². The number of carbonyl (C=O) groups is 1. The van der Waals surface area contributed by atoms with Crippen LogP contribution >= 0.6 is 0 Å². The van der Waals surface area contributed by atoms with Crippen LogP contribution in [0.3, 0.4) is 0 Å². The number of hydrogen-bond acceptors (Lipinski definition) is 5. The predicted octanol–water partition coefficient (Wildman–Crippen LogP) is 3.67. The largest absolute Gasteiger partial charge is 0.457 e. The SMILES string of the molecule is CN1CCN(S(=O)(=O)c2cccc(C(=O)Nc3ccc(Oc4ccccc4)cc3)c2)CC1. The Balaban J connectivity index is 1.44. The lowest BCUT2D eigenvalue weighted by Gasteiger charge is -2.31. The molecular weight excluding hydrogens is 426 g/mol. The molecule has 1 aliphatic rings. The maximum atomic E-state index is 13.0. The maximum absolute atomic E-state index is 13.0. The third-order valence-corrected chi connectivity index (χ3v) is 7.18. The summed E-state index contributed by atoms with van der Waals surface area (Å²) in [5, 5.41) is 2.80. The molecule has 166 valence electrons. The van der Waals surface area contributed by atoms with Crippen molar-refractivity contribution < 1.29 is 17.9 Å². The number of anilines is 1. The molecule has 0 saturated carbocycles. The fourth-order valence-corrected chi connectivity index (χ4v) is 4.88. The van der Waals surface area contributed by atoms with Crippen LogP contribution in [0.1, 0.15) is 10.4 Å². The first-order chi connectivity index (χ1) is 15.4. The van der Waals surface area contributed by atoms with Crippen LogP contribution in [0.25, 0.3) is 0 Å². The molecule has 0 bridgehead atoms. The molecule has 0 spiro atoms. The highest BCUT2D eigenvalue weighted by atomic mass is 32.2. The van der Waals surface area contributed by atoms with Crippen LogP contribution in [0.4, 0.5) is 5.69 Å². The molecule has 1 N–H and O–H groups in total. The van der Waals surface area contributed by atoms with Crippen LogP contribution in [-0.2, 0) is 10.0 Å². The quantitative estimate of drug-likeness (QED) is 0.619. The zero-order valence-corrected chi connectivity index (χ0v) is 18.6. The van der Waals surface area contributed by atoms with E-state index in [4.69, 9.17) is 4.74 Å². The number of nitrogens with one attached hydrogen (secondary N) is 1. The van der Waals surface area contributed by atoms with Gasteiger partial charge in [0, 0.05) is 37.4 Å². The van der Waals surface area contributed by atoms with Crippen molar-refractivity contribution in [3.05, 3.63) is 84.4 Å². The Bertz CT molecular complexity index is 1170. The van der Waals surface area contributed by atoms with Gasteiger partial charge in [0.1, 0.15) is 11.5 Å². The van der Waals surface area contributed by atoms with E-state index in [9.17, 15) is 13.2 Å². The minimum Gasteiger partial charge on any atom is -0.457 e. The fourth-order valence-electron chi connectivity index (χ4n) is 3.41. The monoisotopic (exact) mass is 451 g/mol. The summed E-state index contributed by atoms with van der Waals surface area (Å²) in [7, 11) is -1.67. The molecule has 0 atom stereocenters. The van der Waals surface area contributed by atoms with Crippen molar-refractivity contribution in [2.75, 3.05) is 38.5 Å². The van der Waals surface area contributed by atoms with Gasteiger partial charge < -0.3 is 15.0 Å². The summed E-state index contributed by atoms with van der Waals surface area (Å²) in [4.78, 5) is 14.9. The molecule has 1 heterocycles. The van der Waals surface area contributed by atoms with Gasteiger partial charge in [0.05, 0.1) is 4.90 Å². The lowest BCUT2D eigenvalue weighted by molar-refractivity contribution is 0.102. The third kappa shape index (κ3) is 5.16. The first-order valence-corrected chi connectivity index (χ1v) is 11.8. The molecule has 7 nitrogen and oxygen atoms in total. The van der Waals surface area contributed by atoms with E-state index in [1.807, 2.05) is 37.4 Å². The molecule has 3 aromatic rings. The highest BCUT2D eigenvalue weighted by Crippen LogP contribution is 2.23. The van der Waals surface area contributed by atoms with Gasteiger partial charge in [0.2, 0.25) is 10.0 Å². The molecule has 3 aromatic carbocycles. The summed E-state index contributed by atoms with van der Waals surface area (Å²) >= 11 is 0. The van der Waals surface area contributed by atoms with E-state index in [0.717, 1.165) is 5.75 Å². The van der Waals surface area contributed by atoms with Gasteiger partial charge in [-0.1, -0.05) is 24.3 Å². The van der Waals surface area contributed by atoms with Crippen LogP contribution in [-0.4, -0.2) is 56.8 Å². The van der Waals surface area contributed by atoms with Crippen molar-refractivity contribution >= 4 is 21.6 Å². The highest BCUT2D eigenvalue weighted by molar-refractivity contribution is 7.89. The normalized spacial score (nSPS) is 15.3. The Kier molecular flexibility index (Phi) is 6.55. The Labute approximate surface area is 188 Å². The number of nitrogens with zero attached hydrogens (tertiary/aromatic N) is 2. The number of benzene rings is 3. The van der Waals surface area contributed by atoms with E-state index in [0.29, 0.717) is 37.6 Å². The summed E-state index contributed by atoms with van der Waals surface area (Å²) in [5.41, 5.74) is 0.868. The summed E-state index contributed by atoms with van der Waals surface area (Å²) in [5.74, 6) is 0.995. The van der Waals surface area contributed by atoms with Crippen LogP contribution in [0.2, 0.25) is 0 Å². The van der Waals surface area contributed by atoms with Gasteiger partial charge in [-0.25, -0.2) is 8.42 Å².